The molecule has 0 aliphatic rings. The summed E-state index contributed by atoms with van der Waals surface area (Å²) in [5.74, 6) is 0.450. The Kier molecular flexibility index (Phi) is 6.14. The van der Waals surface area contributed by atoms with Crippen molar-refractivity contribution in [2.24, 2.45) is 0 Å². The summed E-state index contributed by atoms with van der Waals surface area (Å²) in [5, 5.41) is 5.52. The van der Waals surface area contributed by atoms with E-state index < -0.39 is 0 Å². The van der Waals surface area contributed by atoms with Crippen LogP contribution in [0.3, 0.4) is 0 Å². The van der Waals surface area contributed by atoms with Gasteiger partial charge in [-0.2, -0.15) is 0 Å². The molecule has 2 aromatic rings. The Morgan fingerprint density at radius 1 is 1.12 bits per heavy atom. The number of rotatable bonds is 6. The molecular formula is C18H22FN3O2. The largest absolute Gasteiger partial charge is 0.497 e. The van der Waals surface area contributed by atoms with Crippen LogP contribution >= 0.6 is 0 Å². The fourth-order valence-electron chi connectivity index (χ4n) is 2.32. The SMILES string of the molecule is COc1ccc(C(CNC(=O)Nc2ccc(F)cc2)N(C)C)cc1. The molecule has 5 nitrogen and oxygen atoms in total. The van der Waals surface area contributed by atoms with Gasteiger partial charge in [0.2, 0.25) is 0 Å². The monoisotopic (exact) mass is 331 g/mol. The van der Waals surface area contributed by atoms with E-state index in [4.69, 9.17) is 4.74 Å². The first-order chi connectivity index (χ1) is 11.5. The molecule has 2 N–H and O–H groups in total. The van der Waals surface area contributed by atoms with Gasteiger partial charge in [-0.05, 0) is 56.1 Å². The number of benzene rings is 2. The number of methoxy groups -OCH3 is 1. The first-order valence-corrected chi connectivity index (χ1v) is 7.60. The minimum Gasteiger partial charge on any atom is -0.497 e. The van der Waals surface area contributed by atoms with Gasteiger partial charge in [-0.1, -0.05) is 12.1 Å². The number of hydrogen-bond donors (Lipinski definition) is 2. The molecule has 0 fully saturated rings. The molecule has 0 heterocycles. The number of carbonyl (C=O) groups is 1. The second kappa shape index (κ2) is 8.31. The molecule has 0 spiro atoms. The van der Waals surface area contributed by atoms with Gasteiger partial charge in [-0.3, -0.25) is 0 Å². The van der Waals surface area contributed by atoms with Crippen molar-refractivity contribution in [1.82, 2.24) is 10.2 Å². The van der Waals surface area contributed by atoms with Crippen molar-refractivity contribution in [3.63, 3.8) is 0 Å². The fourth-order valence-corrected chi connectivity index (χ4v) is 2.32. The lowest BCUT2D eigenvalue weighted by molar-refractivity contribution is 0.243. The van der Waals surface area contributed by atoms with Crippen LogP contribution < -0.4 is 15.4 Å². The molecule has 0 saturated heterocycles. The molecule has 0 aliphatic heterocycles. The van der Waals surface area contributed by atoms with Crippen LogP contribution in [0.2, 0.25) is 0 Å². The standard InChI is InChI=1S/C18H22FN3O2/c1-22(2)17(13-4-10-16(24-3)11-5-13)12-20-18(23)21-15-8-6-14(19)7-9-15/h4-11,17H,12H2,1-3H3,(H2,20,21,23). The maximum absolute atomic E-state index is 12.9. The Balaban J connectivity index is 1.95. The Bertz CT molecular complexity index is 657. The number of anilines is 1. The van der Waals surface area contributed by atoms with Crippen LogP contribution in [-0.2, 0) is 0 Å². The van der Waals surface area contributed by atoms with E-state index in [0.717, 1.165) is 11.3 Å². The Labute approximate surface area is 141 Å². The predicted octanol–water partition coefficient (Wildman–Crippen LogP) is 3.26. The summed E-state index contributed by atoms with van der Waals surface area (Å²) in [4.78, 5) is 14.0. The summed E-state index contributed by atoms with van der Waals surface area (Å²) in [5.41, 5.74) is 1.61. The van der Waals surface area contributed by atoms with E-state index in [1.165, 1.54) is 24.3 Å². The maximum atomic E-state index is 12.9. The number of likely N-dealkylation sites (N-methyl/N-ethyl adjacent to an activating group) is 1. The van der Waals surface area contributed by atoms with Crippen LogP contribution in [-0.4, -0.2) is 38.7 Å². The highest BCUT2D eigenvalue weighted by molar-refractivity contribution is 5.89. The average Bonchev–Trinajstić information content (AvgIpc) is 2.57. The van der Waals surface area contributed by atoms with Gasteiger partial charge in [-0.25, -0.2) is 9.18 Å². The van der Waals surface area contributed by atoms with Gasteiger partial charge in [-0.15, -0.1) is 0 Å². The van der Waals surface area contributed by atoms with Gasteiger partial charge in [0, 0.05) is 12.2 Å². The summed E-state index contributed by atoms with van der Waals surface area (Å²) < 4.78 is 18.0. The summed E-state index contributed by atoms with van der Waals surface area (Å²) >= 11 is 0. The molecule has 24 heavy (non-hydrogen) atoms. The van der Waals surface area contributed by atoms with Gasteiger partial charge in [0.1, 0.15) is 11.6 Å². The number of amides is 2. The molecule has 1 atom stereocenters. The topological polar surface area (TPSA) is 53.6 Å². The highest BCUT2D eigenvalue weighted by atomic mass is 19.1. The van der Waals surface area contributed by atoms with Crippen molar-refractivity contribution in [3.8, 4) is 5.75 Å². The first-order valence-electron chi connectivity index (χ1n) is 7.60. The lowest BCUT2D eigenvalue weighted by Crippen LogP contribution is -2.36. The number of carbonyl (C=O) groups excluding carboxylic acids is 1. The van der Waals surface area contributed by atoms with Crippen LogP contribution in [0.15, 0.2) is 48.5 Å². The quantitative estimate of drug-likeness (QED) is 0.854. The average molecular weight is 331 g/mol. The van der Waals surface area contributed by atoms with Gasteiger partial charge >= 0.3 is 6.03 Å². The summed E-state index contributed by atoms with van der Waals surface area (Å²) in [6, 6.07) is 13.1. The van der Waals surface area contributed by atoms with E-state index in [1.807, 2.05) is 43.3 Å². The van der Waals surface area contributed by atoms with Crippen LogP contribution in [0, 0.1) is 5.82 Å². The van der Waals surface area contributed by atoms with Crippen molar-refractivity contribution < 1.29 is 13.9 Å². The van der Waals surface area contributed by atoms with Crippen molar-refractivity contribution in [3.05, 3.63) is 59.9 Å². The molecule has 0 radical (unpaired) electrons. The van der Waals surface area contributed by atoms with Gasteiger partial charge < -0.3 is 20.3 Å². The highest BCUT2D eigenvalue weighted by Crippen LogP contribution is 2.20. The Hall–Kier alpha value is -2.60. The maximum Gasteiger partial charge on any atom is 0.319 e. The van der Waals surface area contributed by atoms with E-state index in [-0.39, 0.29) is 17.9 Å². The molecule has 6 heteroatoms. The number of nitrogens with one attached hydrogen (secondary N) is 2. The summed E-state index contributed by atoms with van der Waals surface area (Å²) in [6.45, 7) is 0.437. The molecular weight excluding hydrogens is 309 g/mol. The molecule has 0 saturated carbocycles. The van der Waals surface area contributed by atoms with E-state index in [1.54, 1.807) is 7.11 Å². The lowest BCUT2D eigenvalue weighted by atomic mass is 10.1. The molecule has 2 aromatic carbocycles. The van der Waals surface area contributed by atoms with E-state index in [0.29, 0.717) is 12.2 Å². The zero-order chi connectivity index (χ0) is 17.5. The zero-order valence-electron chi connectivity index (χ0n) is 14.0. The number of urea groups is 1. The van der Waals surface area contributed by atoms with Crippen LogP contribution in [0.25, 0.3) is 0 Å². The highest BCUT2D eigenvalue weighted by Gasteiger charge is 2.15. The molecule has 0 bridgehead atoms. The summed E-state index contributed by atoms with van der Waals surface area (Å²) in [7, 11) is 5.53. The number of halogens is 1. The third-order valence-corrected chi connectivity index (χ3v) is 3.68. The fraction of sp³-hybridized carbons (Fsp3) is 0.278. The zero-order valence-corrected chi connectivity index (χ0v) is 14.0. The van der Waals surface area contributed by atoms with E-state index in [9.17, 15) is 9.18 Å². The first kappa shape index (κ1) is 17.7. The van der Waals surface area contributed by atoms with Gasteiger partial charge in [0.05, 0.1) is 13.2 Å². The molecule has 0 aromatic heterocycles. The van der Waals surface area contributed by atoms with Gasteiger partial charge in [0.25, 0.3) is 0 Å². The van der Waals surface area contributed by atoms with Crippen molar-refractivity contribution >= 4 is 11.7 Å². The van der Waals surface area contributed by atoms with Crippen LogP contribution in [0.4, 0.5) is 14.9 Å². The third kappa shape index (κ3) is 4.96. The number of hydrogen-bond acceptors (Lipinski definition) is 3. The van der Waals surface area contributed by atoms with Crippen molar-refractivity contribution in [1.29, 1.82) is 0 Å². The number of ether oxygens (including phenoxy) is 1. The van der Waals surface area contributed by atoms with E-state index >= 15 is 0 Å². The second-order valence-corrected chi connectivity index (χ2v) is 5.59. The molecule has 2 amide bonds. The minimum absolute atomic E-state index is 0.0230. The van der Waals surface area contributed by atoms with E-state index in [2.05, 4.69) is 10.6 Å². The third-order valence-electron chi connectivity index (χ3n) is 3.68. The minimum atomic E-state index is -0.340. The second-order valence-electron chi connectivity index (χ2n) is 5.59. The normalized spacial score (nSPS) is 11.9. The Morgan fingerprint density at radius 3 is 2.29 bits per heavy atom. The summed E-state index contributed by atoms with van der Waals surface area (Å²) in [6.07, 6.45) is 0. The lowest BCUT2D eigenvalue weighted by Gasteiger charge is -2.25. The predicted molar refractivity (Wildman–Crippen MR) is 92.8 cm³/mol. The molecule has 0 aliphatic carbocycles. The number of nitrogens with zero attached hydrogens (tertiary/aromatic N) is 1. The van der Waals surface area contributed by atoms with Crippen molar-refractivity contribution in [2.75, 3.05) is 33.1 Å². The van der Waals surface area contributed by atoms with Crippen LogP contribution in [0.5, 0.6) is 5.75 Å². The molecule has 1 unspecified atom stereocenters. The van der Waals surface area contributed by atoms with Crippen LogP contribution in [0.1, 0.15) is 11.6 Å². The Morgan fingerprint density at radius 2 is 1.75 bits per heavy atom. The van der Waals surface area contributed by atoms with Crippen molar-refractivity contribution in [2.45, 2.75) is 6.04 Å². The smallest absolute Gasteiger partial charge is 0.319 e. The molecule has 2 rings (SSSR count). The van der Waals surface area contributed by atoms with Gasteiger partial charge in [0.15, 0.2) is 0 Å². The molecule has 128 valence electrons.